The Morgan fingerprint density at radius 1 is 1.14 bits per heavy atom. The minimum Gasteiger partial charge on any atom is -0.478 e. The van der Waals surface area contributed by atoms with Crippen LogP contribution in [0.3, 0.4) is 0 Å². The molecule has 0 spiro atoms. The van der Waals surface area contributed by atoms with Crippen molar-refractivity contribution < 1.29 is 9.90 Å². The zero-order chi connectivity index (χ0) is 15.2. The predicted molar refractivity (Wildman–Crippen MR) is 88.3 cm³/mol. The Balaban J connectivity index is 2.40. The standard InChI is InChI=1S/C17H19NO2S/c1-3-18(12-13-8-5-4-6-9-13)14-10-7-11-15(21-2)16(14)17(19)20/h4-11H,3,12H2,1-2H3,(H,19,20). The van der Waals surface area contributed by atoms with Crippen LogP contribution in [0.4, 0.5) is 5.69 Å². The molecule has 0 atom stereocenters. The molecule has 0 fully saturated rings. The Hall–Kier alpha value is -1.94. The molecule has 0 radical (unpaired) electrons. The lowest BCUT2D eigenvalue weighted by Gasteiger charge is -2.25. The molecule has 110 valence electrons. The highest BCUT2D eigenvalue weighted by Gasteiger charge is 2.18. The number of anilines is 1. The molecule has 21 heavy (non-hydrogen) atoms. The smallest absolute Gasteiger partial charge is 0.338 e. The second-order valence-electron chi connectivity index (χ2n) is 4.66. The topological polar surface area (TPSA) is 40.5 Å². The van der Waals surface area contributed by atoms with Crippen LogP contribution in [0, 0.1) is 0 Å². The largest absolute Gasteiger partial charge is 0.478 e. The van der Waals surface area contributed by atoms with E-state index in [1.54, 1.807) is 0 Å². The first-order valence-electron chi connectivity index (χ1n) is 6.86. The van der Waals surface area contributed by atoms with Gasteiger partial charge in [0.1, 0.15) is 0 Å². The van der Waals surface area contributed by atoms with Crippen LogP contribution >= 0.6 is 11.8 Å². The summed E-state index contributed by atoms with van der Waals surface area (Å²) in [5, 5.41) is 9.55. The van der Waals surface area contributed by atoms with Crippen molar-refractivity contribution >= 4 is 23.4 Å². The molecular weight excluding hydrogens is 282 g/mol. The van der Waals surface area contributed by atoms with E-state index in [0.717, 1.165) is 17.1 Å². The zero-order valence-electron chi connectivity index (χ0n) is 12.2. The molecule has 0 aliphatic rings. The summed E-state index contributed by atoms with van der Waals surface area (Å²) < 4.78 is 0. The normalized spacial score (nSPS) is 10.4. The fraction of sp³-hybridized carbons (Fsp3) is 0.235. The van der Waals surface area contributed by atoms with E-state index < -0.39 is 5.97 Å². The van der Waals surface area contributed by atoms with Gasteiger partial charge < -0.3 is 10.0 Å². The van der Waals surface area contributed by atoms with E-state index in [0.29, 0.717) is 12.1 Å². The second kappa shape index (κ2) is 7.18. The number of aromatic carboxylic acids is 1. The monoisotopic (exact) mass is 301 g/mol. The number of carbonyl (C=O) groups is 1. The van der Waals surface area contributed by atoms with Gasteiger partial charge in [-0.25, -0.2) is 4.79 Å². The fourth-order valence-corrected chi connectivity index (χ4v) is 2.95. The Morgan fingerprint density at radius 3 is 2.43 bits per heavy atom. The Morgan fingerprint density at radius 2 is 1.86 bits per heavy atom. The Labute approximate surface area is 129 Å². The summed E-state index contributed by atoms with van der Waals surface area (Å²) in [5.41, 5.74) is 2.34. The number of carboxylic acids is 1. The molecule has 0 saturated carbocycles. The molecule has 1 N–H and O–H groups in total. The van der Waals surface area contributed by atoms with Crippen LogP contribution in [-0.4, -0.2) is 23.9 Å². The number of thioether (sulfide) groups is 1. The maximum Gasteiger partial charge on any atom is 0.338 e. The van der Waals surface area contributed by atoms with E-state index in [-0.39, 0.29) is 0 Å². The van der Waals surface area contributed by atoms with Gasteiger partial charge in [-0.2, -0.15) is 0 Å². The minimum absolute atomic E-state index is 0.391. The van der Waals surface area contributed by atoms with Crippen LogP contribution in [0.5, 0.6) is 0 Å². The van der Waals surface area contributed by atoms with Gasteiger partial charge in [-0.05, 0) is 30.9 Å². The summed E-state index contributed by atoms with van der Waals surface area (Å²) in [5.74, 6) is -0.874. The lowest BCUT2D eigenvalue weighted by atomic mass is 10.1. The first-order valence-corrected chi connectivity index (χ1v) is 8.09. The van der Waals surface area contributed by atoms with Crippen LogP contribution < -0.4 is 4.90 Å². The molecule has 0 unspecified atom stereocenters. The minimum atomic E-state index is -0.874. The first-order chi connectivity index (χ1) is 10.2. The van der Waals surface area contributed by atoms with Gasteiger partial charge in [0.05, 0.1) is 11.3 Å². The van der Waals surface area contributed by atoms with Crippen molar-refractivity contribution in [3.63, 3.8) is 0 Å². The SMILES string of the molecule is CCN(Cc1ccccc1)c1cccc(SC)c1C(=O)O. The number of carboxylic acid groups (broad SMARTS) is 1. The van der Waals surface area contributed by atoms with Crippen molar-refractivity contribution in [1.82, 2.24) is 0 Å². The third kappa shape index (κ3) is 3.58. The Kier molecular flexibility index (Phi) is 5.28. The maximum atomic E-state index is 11.6. The summed E-state index contributed by atoms with van der Waals surface area (Å²) in [6, 6.07) is 15.8. The maximum absolute atomic E-state index is 11.6. The fourth-order valence-electron chi connectivity index (χ4n) is 2.34. The molecule has 2 aromatic carbocycles. The third-order valence-electron chi connectivity index (χ3n) is 3.38. The molecule has 2 rings (SSSR count). The van der Waals surface area contributed by atoms with Gasteiger partial charge in [0.15, 0.2) is 0 Å². The first kappa shape index (κ1) is 15.4. The van der Waals surface area contributed by atoms with Crippen LogP contribution in [-0.2, 0) is 6.54 Å². The van der Waals surface area contributed by atoms with Gasteiger partial charge in [0.25, 0.3) is 0 Å². The molecule has 0 heterocycles. The number of hydrogen-bond acceptors (Lipinski definition) is 3. The summed E-state index contributed by atoms with van der Waals surface area (Å²) in [4.78, 5) is 14.5. The molecule has 0 aliphatic heterocycles. The molecule has 0 saturated heterocycles. The molecular formula is C17H19NO2S. The molecule has 4 heteroatoms. The van der Waals surface area contributed by atoms with Crippen LogP contribution in [0.2, 0.25) is 0 Å². The number of benzene rings is 2. The predicted octanol–water partition coefficient (Wildman–Crippen LogP) is 4.13. The third-order valence-corrected chi connectivity index (χ3v) is 4.16. The van der Waals surface area contributed by atoms with Crippen molar-refractivity contribution in [2.45, 2.75) is 18.4 Å². The van der Waals surface area contributed by atoms with Crippen LogP contribution in [0.15, 0.2) is 53.4 Å². The molecule has 0 aliphatic carbocycles. The highest BCUT2D eigenvalue weighted by Crippen LogP contribution is 2.30. The highest BCUT2D eigenvalue weighted by molar-refractivity contribution is 7.98. The van der Waals surface area contributed by atoms with Crippen molar-refractivity contribution in [3.05, 3.63) is 59.7 Å². The van der Waals surface area contributed by atoms with Gasteiger partial charge in [-0.15, -0.1) is 11.8 Å². The van der Waals surface area contributed by atoms with E-state index in [9.17, 15) is 9.90 Å². The van der Waals surface area contributed by atoms with Gasteiger partial charge >= 0.3 is 5.97 Å². The van der Waals surface area contributed by atoms with Crippen molar-refractivity contribution in [3.8, 4) is 0 Å². The summed E-state index contributed by atoms with van der Waals surface area (Å²) in [7, 11) is 0. The molecule has 0 aromatic heterocycles. The highest BCUT2D eigenvalue weighted by atomic mass is 32.2. The van der Waals surface area contributed by atoms with Gasteiger partial charge in [-0.1, -0.05) is 36.4 Å². The molecule has 2 aromatic rings. The van der Waals surface area contributed by atoms with E-state index in [1.165, 1.54) is 17.3 Å². The summed E-state index contributed by atoms with van der Waals surface area (Å²) in [6.07, 6.45) is 1.90. The van der Waals surface area contributed by atoms with E-state index >= 15 is 0 Å². The van der Waals surface area contributed by atoms with Crippen LogP contribution in [0.1, 0.15) is 22.8 Å². The average Bonchev–Trinajstić information content (AvgIpc) is 2.52. The van der Waals surface area contributed by atoms with Gasteiger partial charge in [-0.3, -0.25) is 0 Å². The molecule has 3 nitrogen and oxygen atoms in total. The number of nitrogens with zero attached hydrogens (tertiary/aromatic N) is 1. The molecule has 0 amide bonds. The average molecular weight is 301 g/mol. The summed E-state index contributed by atoms with van der Waals surface area (Å²) in [6.45, 7) is 3.50. The Bertz CT molecular complexity index is 613. The van der Waals surface area contributed by atoms with Gasteiger partial charge in [0, 0.05) is 18.0 Å². The lowest BCUT2D eigenvalue weighted by molar-refractivity contribution is 0.0694. The number of hydrogen-bond donors (Lipinski definition) is 1. The zero-order valence-corrected chi connectivity index (χ0v) is 13.1. The van der Waals surface area contributed by atoms with Gasteiger partial charge in [0.2, 0.25) is 0 Å². The van der Waals surface area contributed by atoms with Crippen molar-refractivity contribution in [2.75, 3.05) is 17.7 Å². The second-order valence-corrected chi connectivity index (χ2v) is 5.51. The van der Waals surface area contributed by atoms with E-state index in [4.69, 9.17) is 0 Å². The van der Waals surface area contributed by atoms with E-state index in [2.05, 4.69) is 17.0 Å². The quantitative estimate of drug-likeness (QED) is 0.814. The lowest BCUT2D eigenvalue weighted by Crippen LogP contribution is -2.24. The van der Waals surface area contributed by atoms with Crippen molar-refractivity contribution in [1.29, 1.82) is 0 Å². The number of rotatable bonds is 6. The van der Waals surface area contributed by atoms with E-state index in [1.807, 2.05) is 49.6 Å². The molecule has 0 bridgehead atoms. The van der Waals surface area contributed by atoms with Crippen LogP contribution in [0.25, 0.3) is 0 Å². The summed E-state index contributed by atoms with van der Waals surface area (Å²) >= 11 is 1.46. The van der Waals surface area contributed by atoms with Crippen molar-refractivity contribution in [2.24, 2.45) is 0 Å².